The third-order valence-corrected chi connectivity index (χ3v) is 4.74. The molecule has 1 aromatic carbocycles. The zero-order valence-electron chi connectivity index (χ0n) is 11.0. The number of aliphatic hydroxyl groups is 1. The van der Waals surface area contributed by atoms with Gasteiger partial charge in [0.1, 0.15) is 6.61 Å². The highest BCUT2D eigenvalue weighted by Crippen LogP contribution is 2.45. The first-order chi connectivity index (χ1) is 8.85. The molecular weight excluding hydrogens is 262 g/mol. The van der Waals surface area contributed by atoms with Crippen LogP contribution in [-0.4, -0.2) is 26.2 Å². The molecule has 102 valence electrons. The summed E-state index contributed by atoms with van der Waals surface area (Å²) in [6, 6.07) is 6.42. The van der Waals surface area contributed by atoms with E-state index < -0.39 is 10.0 Å². The van der Waals surface area contributed by atoms with Gasteiger partial charge in [-0.3, -0.25) is 0 Å². The molecule has 19 heavy (non-hydrogen) atoms. The van der Waals surface area contributed by atoms with E-state index in [0.29, 0.717) is 5.56 Å². The molecule has 1 saturated carbocycles. The first-order valence-electron chi connectivity index (χ1n) is 6.07. The SMILES string of the molecule is CC1(C)CC1NS(=O)(=O)c1cccc(C#CCO)c1. The lowest BCUT2D eigenvalue weighted by molar-refractivity contribution is 0.350. The van der Waals surface area contributed by atoms with Crippen LogP contribution in [0.15, 0.2) is 29.2 Å². The van der Waals surface area contributed by atoms with Gasteiger partial charge in [0, 0.05) is 11.6 Å². The van der Waals surface area contributed by atoms with Crippen LogP contribution in [0.2, 0.25) is 0 Å². The second kappa shape index (κ2) is 4.97. The van der Waals surface area contributed by atoms with Crippen molar-refractivity contribution in [2.45, 2.75) is 31.2 Å². The van der Waals surface area contributed by atoms with Crippen molar-refractivity contribution >= 4 is 10.0 Å². The third-order valence-electron chi connectivity index (χ3n) is 3.27. The van der Waals surface area contributed by atoms with Gasteiger partial charge in [-0.2, -0.15) is 0 Å². The van der Waals surface area contributed by atoms with Crippen molar-refractivity contribution in [1.82, 2.24) is 4.72 Å². The van der Waals surface area contributed by atoms with E-state index in [9.17, 15) is 8.42 Å². The molecule has 2 N–H and O–H groups in total. The summed E-state index contributed by atoms with van der Waals surface area (Å²) in [5.74, 6) is 5.20. The Hall–Kier alpha value is -1.35. The smallest absolute Gasteiger partial charge is 0.240 e. The normalized spacial score (nSPS) is 20.5. The van der Waals surface area contributed by atoms with E-state index in [0.717, 1.165) is 6.42 Å². The van der Waals surface area contributed by atoms with Crippen molar-refractivity contribution in [2.75, 3.05) is 6.61 Å². The molecule has 0 radical (unpaired) electrons. The van der Waals surface area contributed by atoms with Gasteiger partial charge in [-0.25, -0.2) is 13.1 Å². The van der Waals surface area contributed by atoms with Gasteiger partial charge < -0.3 is 5.11 Å². The number of hydrogen-bond acceptors (Lipinski definition) is 3. The maximum atomic E-state index is 12.2. The first kappa shape index (κ1) is 14.1. The van der Waals surface area contributed by atoms with Crippen LogP contribution in [0.3, 0.4) is 0 Å². The topological polar surface area (TPSA) is 66.4 Å². The lowest BCUT2D eigenvalue weighted by atomic mass is 10.2. The third kappa shape index (κ3) is 3.35. The standard InChI is InChI=1S/C14H17NO3S/c1-14(2)10-13(14)15-19(17,18)12-7-3-5-11(9-12)6-4-8-16/h3,5,7,9,13,15-16H,8,10H2,1-2H3. The molecule has 2 rings (SSSR count). The second-order valence-electron chi connectivity index (χ2n) is 5.35. The molecule has 1 aliphatic rings. The average Bonchev–Trinajstić information content (AvgIpc) is 2.93. The van der Waals surface area contributed by atoms with Crippen LogP contribution in [0.1, 0.15) is 25.8 Å². The molecule has 0 amide bonds. The Bertz CT molecular complexity index is 638. The van der Waals surface area contributed by atoms with E-state index in [-0.39, 0.29) is 23.0 Å². The van der Waals surface area contributed by atoms with E-state index in [4.69, 9.17) is 5.11 Å². The largest absolute Gasteiger partial charge is 0.384 e. The zero-order valence-corrected chi connectivity index (χ0v) is 11.8. The Morgan fingerprint density at radius 2 is 2.16 bits per heavy atom. The average molecular weight is 279 g/mol. The highest BCUT2D eigenvalue weighted by atomic mass is 32.2. The van der Waals surface area contributed by atoms with Crippen molar-refractivity contribution in [1.29, 1.82) is 0 Å². The minimum Gasteiger partial charge on any atom is -0.384 e. The van der Waals surface area contributed by atoms with Crippen LogP contribution in [0.4, 0.5) is 0 Å². The molecule has 0 bridgehead atoms. The van der Waals surface area contributed by atoms with E-state index in [1.54, 1.807) is 18.2 Å². The summed E-state index contributed by atoms with van der Waals surface area (Å²) >= 11 is 0. The Labute approximate surface area is 113 Å². The maximum absolute atomic E-state index is 12.2. The van der Waals surface area contributed by atoms with Crippen molar-refractivity contribution in [3.05, 3.63) is 29.8 Å². The van der Waals surface area contributed by atoms with E-state index >= 15 is 0 Å². The van der Waals surface area contributed by atoms with Crippen molar-refractivity contribution in [3.63, 3.8) is 0 Å². The number of aliphatic hydroxyl groups excluding tert-OH is 1. The van der Waals surface area contributed by atoms with Crippen molar-refractivity contribution < 1.29 is 13.5 Å². The number of hydrogen-bond donors (Lipinski definition) is 2. The van der Waals surface area contributed by atoms with Crippen LogP contribution >= 0.6 is 0 Å². The van der Waals surface area contributed by atoms with E-state index in [2.05, 4.69) is 16.6 Å². The predicted octanol–water partition coefficient (Wildman–Crippen LogP) is 1.11. The fraction of sp³-hybridized carbons (Fsp3) is 0.429. The molecule has 0 aliphatic heterocycles. The minimum absolute atomic E-state index is 0.00434. The van der Waals surface area contributed by atoms with Crippen LogP contribution in [-0.2, 0) is 10.0 Å². The zero-order chi connectivity index (χ0) is 14.1. The molecule has 1 aliphatic carbocycles. The Morgan fingerprint density at radius 1 is 1.47 bits per heavy atom. The van der Waals surface area contributed by atoms with Gasteiger partial charge in [0.25, 0.3) is 0 Å². The fourth-order valence-electron chi connectivity index (χ4n) is 1.81. The van der Waals surface area contributed by atoms with Crippen LogP contribution in [0.5, 0.6) is 0 Å². The molecule has 0 saturated heterocycles. The Morgan fingerprint density at radius 3 is 2.74 bits per heavy atom. The summed E-state index contributed by atoms with van der Waals surface area (Å²) < 4.78 is 27.1. The maximum Gasteiger partial charge on any atom is 0.240 e. The van der Waals surface area contributed by atoms with Gasteiger partial charge >= 0.3 is 0 Å². The summed E-state index contributed by atoms with van der Waals surface area (Å²) in [6.07, 6.45) is 0.857. The number of benzene rings is 1. The van der Waals surface area contributed by atoms with E-state index in [1.165, 1.54) is 6.07 Å². The summed E-state index contributed by atoms with van der Waals surface area (Å²) in [5.41, 5.74) is 0.619. The Balaban J connectivity index is 2.21. The van der Waals surface area contributed by atoms with Gasteiger partial charge in [-0.05, 0) is 30.0 Å². The molecule has 0 spiro atoms. The highest BCUT2D eigenvalue weighted by molar-refractivity contribution is 7.89. The molecule has 4 nitrogen and oxygen atoms in total. The minimum atomic E-state index is -3.50. The van der Waals surface area contributed by atoms with Gasteiger partial charge in [0.2, 0.25) is 10.0 Å². The summed E-state index contributed by atoms with van der Waals surface area (Å²) in [5, 5.41) is 8.64. The molecule has 5 heteroatoms. The van der Waals surface area contributed by atoms with Crippen molar-refractivity contribution in [2.24, 2.45) is 5.41 Å². The summed E-state index contributed by atoms with van der Waals surface area (Å²) in [4.78, 5) is 0.208. The predicted molar refractivity (Wildman–Crippen MR) is 72.9 cm³/mol. The number of rotatable bonds is 3. The lowest BCUT2D eigenvalue weighted by Gasteiger charge is -2.08. The first-order valence-corrected chi connectivity index (χ1v) is 7.56. The summed E-state index contributed by atoms with van der Waals surface area (Å²) in [7, 11) is -3.50. The van der Waals surface area contributed by atoms with Crippen LogP contribution in [0, 0.1) is 17.3 Å². The molecule has 1 aromatic rings. The molecule has 0 aromatic heterocycles. The molecule has 0 heterocycles. The Kier molecular flexibility index (Phi) is 3.68. The van der Waals surface area contributed by atoms with Crippen LogP contribution < -0.4 is 4.72 Å². The van der Waals surface area contributed by atoms with Gasteiger partial charge in [0.05, 0.1) is 4.90 Å². The highest BCUT2D eigenvalue weighted by Gasteiger charge is 2.47. The van der Waals surface area contributed by atoms with Gasteiger partial charge in [-0.1, -0.05) is 31.8 Å². The second-order valence-corrected chi connectivity index (χ2v) is 7.07. The fourth-order valence-corrected chi connectivity index (χ4v) is 3.26. The monoisotopic (exact) mass is 279 g/mol. The molecule has 1 unspecified atom stereocenters. The van der Waals surface area contributed by atoms with Crippen molar-refractivity contribution in [3.8, 4) is 11.8 Å². The van der Waals surface area contributed by atoms with Gasteiger partial charge in [0.15, 0.2) is 0 Å². The molecule has 1 atom stereocenters. The lowest BCUT2D eigenvalue weighted by Crippen LogP contribution is -2.28. The quantitative estimate of drug-likeness (QED) is 0.815. The number of nitrogens with one attached hydrogen (secondary N) is 1. The summed E-state index contributed by atoms with van der Waals surface area (Å²) in [6.45, 7) is 3.82. The number of sulfonamides is 1. The van der Waals surface area contributed by atoms with Gasteiger partial charge in [-0.15, -0.1) is 0 Å². The molecular formula is C14H17NO3S. The molecule has 1 fully saturated rings. The van der Waals surface area contributed by atoms with E-state index in [1.807, 2.05) is 13.8 Å². The van der Waals surface area contributed by atoms with Crippen LogP contribution in [0.25, 0.3) is 0 Å².